The molecule has 0 bridgehead atoms. The molecule has 0 aromatic carbocycles. The van der Waals surface area contributed by atoms with E-state index in [2.05, 4.69) is 25.9 Å². The molecule has 0 unspecified atom stereocenters. The summed E-state index contributed by atoms with van der Waals surface area (Å²) in [5.41, 5.74) is 1.23. The maximum Gasteiger partial charge on any atom is 0.346 e. The second-order valence-electron chi connectivity index (χ2n) is 3.83. The van der Waals surface area contributed by atoms with Crippen LogP contribution in [-0.2, 0) is 4.74 Å². The summed E-state index contributed by atoms with van der Waals surface area (Å²) in [7, 11) is 0. The molecular formula is C10H11BrN4O2. The van der Waals surface area contributed by atoms with Crippen LogP contribution in [-0.4, -0.2) is 40.9 Å². The summed E-state index contributed by atoms with van der Waals surface area (Å²) in [6.45, 7) is 2.67. The number of nitrogens with one attached hydrogen (secondary N) is 1. The van der Waals surface area contributed by atoms with Gasteiger partial charge in [-0.25, -0.2) is 9.78 Å². The lowest BCUT2D eigenvalue weighted by atomic mass is 10.4. The number of hydrogen-bond acceptors (Lipinski definition) is 4. The van der Waals surface area contributed by atoms with Gasteiger partial charge in [0.15, 0.2) is 5.65 Å². The van der Waals surface area contributed by atoms with Crippen LogP contribution in [0.4, 0.5) is 0 Å². The molecule has 0 radical (unpaired) electrons. The molecule has 1 fully saturated rings. The topological polar surface area (TPSA) is 63.2 Å². The predicted octanol–water partition coefficient (Wildman–Crippen LogP) is 0.455. The molecule has 90 valence electrons. The van der Waals surface area contributed by atoms with Gasteiger partial charge >= 0.3 is 5.69 Å². The Morgan fingerprint density at radius 3 is 2.94 bits per heavy atom. The number of hydrogen-bond donors (Lipinski definition) is 1. The van der Waals surface area contributed by atoms with Crippen molar-refractivity contribution >= 4 is 27.1 Å². The Hall–Kier alpha value is -1.34. The van der Waals surface area contributed by atoms with E-state index in [1.807, 2.05) is 11.1 Å². The fourth-order valence-corrected chi connectivity index (χ4v) is 2.30. The number of nitrogens with zero attached hydrogens (tertiary/aromatic N) is 3. The number of rotatable bonds is 1. The van der Waals surface area contributed by atoms with Gasteiger partial charge in [-0.1, -0.05) is 0 Å². The van der Waals surface area contributed by atoms with E-state index in [0.29, 0.717) is 32.0 Å². The molecule has 7 heteroatoms. The van der Waals surface area contributed by atoms with Crippen molar-refractivity contribution in [1.82, 2.24) is 14.6 Å². The van der Waals surface area contributed by atoms with E-state index < -0.39 is 0 Å². The Morgan fingerprint density at radius 2 is 2.18 bits per heavy atom. The van der Waals surface area contributed by atoms with Gasteiger partial charge in [0.2, 0.25) is 0 Å². The molecule has 17 heavy (non-hydrogen) atoms. The number of pyridine rings is 1. The van der Waals surface area contributed by atoms with Crippen LogP contribution in [0.15, 0.2) is 21.5 Å². The number of aromatic amines is 1. The number of H-pyrrole nitrogens is 1. The van der Waals surface area contributed by atoms with Crippen LogP contribution in [0.2, 0.25) is 0 Å². The quantitative estimate of drug-likeness (QED) is 0.831. The summed E-state index contributed by atoms with van der Waals surface area (Å²) in [6.07, 6.45) is 1.69. The highest BCUT2D eigenvalue weighted by Crippen LogP contribution is 2.14. The molecule has 1 N–H and O–H groups in total. The van der Waals surface area contributed by atoms with Gasteiger partial charge in [-0.15, -0.1) is 0 Å². The highest BCUT2D eigenvalue weighted by atomic mass is 79.9. The number of aromatic nitrogens is 3. The van der Waals surface area contributed by atoms with Gasteiger partial charge in [-0.05, 0) is 22.0 Å². The predicted molar refractivity (Wildman–Crippen MR) is 66.8 cm³/mol. The highest BCUT2D eigenvalue weighted by molar-refractivity contribution is 9.10. The Kier molecular flexibility index (Phi) is 2.64. The second kappa shape index (κ2) is 4.15. The molecule has 1 aliphatic rings. The van der Waals surface area contributed by atoms with Gasteiger partial charge < -0.3 is 14.7 Å². The lowest BCUT2D eigenvalue weighted by Gasteiger charge is -2.28. The summed E-state index contributed by atoms with van der Waals surface area (Å²) in [5.74, 6) is 0. The van der Waals surface area contributed by atoms with Crippen LogP contribution in [0, 0.1) is 0 Å². The zero-order valence-electron chi connectivity index (χ0n) is 9.02. The molecular weight excluding hydrogens is 288 g/mol. The number of morpholine rings is 1. The Morgan fingerprint density at radius 1 is 1.41 bits per heavy atom. The summed E-state index contributed by atoms with van der Waals surface area (Å²) < 4.78 is 7.71. The van der Waals surface area contributed by atoms with Crippen molar-refractivity contribution < 1.29 is 4.74 Å². The third kappa shape index (κ3) is 1.85. The molecule has 0 saturated carbocycles. The van der Waals surface area contributed by atoms with Gasteiger partial charge in [0.25, 0.3) is 0 Å². The van der Waals surface area contributed by atoms with E-state index in [0.717, 1.165) is 9.99 Å². The first-order valence-electron chi connectivity index (χ1n) is 5.35. The second-order valence-corrected chi connectivity index (χ2v) is 4.75. The summed E-state index contributed by atoms with van der Waals surface area (Å²) >= 11 is 3.33. The Labute approximate surface area is 105 Å². The summed E-state index contributed by atoms with van der Waals surface area (Å²) in [4.78, 5) is 19.0. The molecule has 0 aliphatic carbocycles. The number of halogens is 1. The number of ether oxygens (including phenoxy) is 1. The third-order valence-electron chi connectivity index (χ3n) is 2.74. The van der Waals surface area contributed by atoms with Gasteiger partial charge in [0, 0.05) is 10.7 Å². The molecule has 1 aliphatic heterocycles. The monoisotopic (exact) mass is 298 g/mol. The molecule has 1 saturated heterocycles. The first kappa shape index (κ1) is 10.8. The van der Waals surface area contributed by atoms with E-state index >= 15 is 0 Å². The minimum atomic E-state index is -0.160. The van der Waals surface area contributed by atoms with Crippen molar-refractivity contribution in [1.29, 1.82) is 0 Å². The minimum absolute atomic E-state index is 0.160. The number of fused-ring (bicyclic) bond motifs is 1. The average Bonchev–Trinajstić information content (AvgIpc) is 2.65. The van der Waals surface area contributed by atoms with Crippen molar-refractivity contribution in [2.45, 2.75) is 0 Å². The minimum Gasteiger partial charge on any atom is -0.378 e. The fourth-order valence-electron chi connectivity index (χ4n) is 1.97. The van der Waals surface area contributed by atoms with Crippen LogP contribution < -0.4 is 10.7 Å². The van der Waals surface area contributed by atoms with E-state index in [4.69, 9.17) is 4.74 Å². The average molecular weight is 299 g/mol. The van der Waals surface area contributed by atoms with E-state index in [1.165, 1.54) is 0 Å². The molecule has 2 aromatic heterocycles. The van der Waals surface area contributed by atoms with Crippen LogP contribution >= 0.6 is 15.9 Å². The standard InChI is InChI=1S/C10H11BrN4O2/c11-7-5-8-9(12-6-7)15(10(16)13-8)14-1-3-17-4-2-14/h5-6H,1-4H2,(H,13,16). The van der Waals surface area contributed by atoms with Gasteiger partial charge in [0.1, 0.15) is 0 Å². The van der Waals surface area contributed by atoms with Gasteiger partial charge in [-0.3, -0.25) is 0 Å². The lowest BCUT2D eigenvalue weighted by molar-refractivity contribution is 0.111. The molecule has 0 atom stereocenters. The van der Waals surface area contributed by atoms with E-state index in [9.17, 15) is 4.79 Å². The first-order chi connectivity index (χ1) is 8.25. The molecule has 6 nitrogen and oxygen atoms in total. The van der Waals surface area contributed by atoms with Crippen LogP contribution in [0.3, 0.4) is 0 Å². The maximum atomic E-state index is 11.9. The fraction of sp³-hybridized carbons (Fsp3) is 0.400. The zero-order chi connectivity index (χ0) is 11.8. The van der Waals surface area contributed by atoms with Crippen molar-refractivity contribution in [2.75, 3.05) is 31.3 Å². The molecule has 0 spiro atoms. The summed E-state index contributed by atoms with van der Waals surface area (Å²) in [5, 5.41) is 1.95. The van der Waals surface area contributed by atoms with Crippen molar-refractivity contribution in [3.05, 3.63) is 27.2 Å². The van der Waals surface area contributed by atoms with Gasteiger partial charge in [-0.2, -0.15) is 4.68 Å². The van der Waals surface area contributed by atoms with E-state index in [1.54, 1.807) is 10.9 Å². The summed E-state index contributed by atoms with van der Waals surface area (Å²) in [6, 6.07) is 1.85. The normalized spacial score (nSPS) is 16.6. The zero-order valence-corrected chi connectivity index (χ0v) is 10.6. The van der Waals surface area contributed by atoms with E-state index in [-0.39, 0.29) is 5.69 Å². The molecule has 2 aromatic rings. The molecule has 0 amide bonds. The lowest BCUT2D eigenvalue weighted by Crippen LogP contribution is -2.48. The smallest absolute Gasteiger partial charge is 0.346 e. The van der Waals surface area contributed by atoms with Crippen molar-refractivity contribution in [3.8, 4) is 0 Å². The first-order valence-corrected chi connectivity index (χ1v) is 6.14. The molecule has 3 rings (SSSR count). The largest absolute Gasteiger partial charge is 0.378 e. The molecule has 3 heterocycles. The highest BCUT2D eigenvalue weighted by Gasteiger charge is 2.17. The van der Waals surface area contributed by atoms with Crippen LogP contribution in [0.5, 0.6) is 0 Å². The Bertz CT molecular complexity index is 600. The number of imidazole rings is 1. The maximum absolute atomic E-state index is 11.9. The van der Waals surface area contributed by atoms with Crippen LogP contribution in [0.1, 0.15) is 0 Å². The Balaban J connectivity index is 2.14. The van der Waals surface area contributed by atoms with Crippen LogP contribution in [0.25, 0.3) is 11.2 Å². The third-order valence-corrected chi connectivity index (χ3v) is 3.17. The van der Waals surface area contributed by atoms with Crippen molar-refractivity contribution in [3.63, 3.8) is 0 Å². The van der Waals surface area contributed by atoms with Crippen molar-refractivity contribution in [2.24, 2.45) is 0 Å². The van der Waals surface area contributed by atoms with Gasteiger partial charge in [0.05, 0.1) is 31.8 Å². The SMILES string of the molecule is O=c1[nH]c2cc(Br)cnc2n1N1CCOCC1.